The fraction of sp³-hybridized carbons (Fsp3) is 0.613. The highest BCUT2D eigenvalue weighted by molar-refractivity contribution is 7.79. The number of phenolic OH excluding ortho intramolecular Hbond substituents is 1. The predicted molar refractivity (Wildman–Crippen MR) is 158 cm³/mol. The van der Waals surface area contributed by atoms with Crippen LogP contribution in [0.25, 0.3) is 0 Å². The number of hydrogen-bond donors (Lipinski definition) is 2. The van der Waals surface area contributed by atoms with Crippen molar-refractivity contribution < 1.29 is 5.11 Å². The number of hydrogen-bond acceptors (Lipinski definition) is 2. The molecule has 2 rings (SSSR count). The number of phenols is 1. The smallest absolute Gasteiger partial charge is 0.123 e. The van der Waals surface area contributed by atoms with Crippen molar-refractivity contribution in [2.24, 2.45) is 5.92 Å². The first kappa shape index (κ1) is 29.3. The standard InChI is InChI=1S/C31H49OPS/c1-11-13-16-31(10,33-27-15-14-21(3)17-23(27)20-34)26-19-24(29(5,6)7)18-25(28(26)32)30(8,9)22(4)12-2/h14-15,17-19,22,32-34H,11-13,16,20H2,1-10H3. The maximum atomic E-state index is 11.9. The molecule has 0 amide bonds. The van der Waals surface area contributed by atoms with Crippen LogP contribution in [-0.4, -0.2) is 5.11 Å². The first-order valence-electron chi connectivity index (χ1n) is 13.1. The first-order chi connectivity index (χ1) is 15.7. The van der Waals surface area contributed by atoms with E-state index in [-0.39, 0.29) is 16.0 Å². The Balaban J connectivity index is 2.81. The summed E-state index contributed by atoms with van der Waals surface area (Å²) in [6.45, 7) is 22.8. The largest absolute Gasteiger partial charge is 0.507 e. The lowest BCUT2D eigenvalue weighted by Gasteiger charge is -2.38. The average Bonchev–Trinajstić information content (AvgIpc) is 2.77. The van der Waals surface area contributed by atoms with Gasteiger partial charge in [0.2, 0.25) is 0 Å². The Kier molecular flexibility index (Phi) is 9.80. The van der Waals surface area contributed by atoms with Crippen molar-refractivity contribution in [2.75, 3.05) is 0 Å². The molecular formula is C31H49OPS. The Labute approximate surface area is 217 Å². The number of aromatic hydroxyl groups is 1. The predicted octanol–water partition coefficient (Wildman–Crippen LogP) is 9.16. The third kappa shape index (κ3) is 6.41. The van der Waals surface area contributed by atoms with Crippen LogP contribution in [0.2, 0.25) is 0 Å². The van der Waals surface area contributed by atoms with Crippen LogP contribution in [0.15, 0.2) is 30.3 Å². The second-order valence-electron chi connectivity index (χ2n) is 12.1. The lowest BCUT2D eigenvalue weighted by Crippen LogP contribution is -2.29. The van der Waals surface area contributed by atoms with Gasteiger partial charge < -0.3 is 5.11 Å². The second kappa shape index (κ2) is 11.4. The van der Waals surface area contributed by atoms with E-state index in [1.165, 1.54) is 22.0 Å². The molecular weight excluding hydrogens is 451 g/mol. The van der Waals surface area contributed by atoms with Crippen LogP contribution in [-0.2, 0) is 21.7 Å². The van der Waals surface area contributed by atoms with Crippen LogP contribution < -0.4 is 5.30 Å². The van der Waals surface area contributed by atoms with Gasteiger partial charge in [-0.05, 0) is 46.5 Å². The van der Waals surface area contributed by atoms with E-state index < -0.39 is 0 Å². The van der Waals surface area contributed by atoms with Crippen molar-refractivity contribution in [3.63, 3.8) is 0 Å². The fourth-order valence-corrected chi connectivity index (χ4v) is 6.94. The van der Waals surface area contributed by atoms with E-state index in [9.17, 15) is 5.11 Å². The number of rotatable bonds is 10. The van der Waals surface area contributed by atoms with Crippen molar-refractivity contribution in [1.82, 2.24) is 0 Å². The molecule has 0 bridgehead atoms. The van der Waals surface area contributed by atoms with Gasteiger partial charge in [0.25, 0.3) is 0 Å². The molecule has 3 heteroatoms. The maximum absolute atomic E-state index is 11.9. The lowest BCUT2D eigenvalue weighted by molar-refractivity contribution is 0.318. The van der Waals surface area contributed by atoms with Crippen molar-refractivity contribution in [1.29, 1.82) is 0 Å². The van der Waals surface area contributed by atoms with Crippen LogP contribution in [0.4, 0.5) is 0 Å². The van der Waals surface area contributed by atoms with Gasteiger partial charge in [0.15, 0.2) is 0 Å². The van der Waals surface area contributed by atoms with Crippen molar-refractivity contribution >= 4 is 26.5 Å². The van der Waals surface area contributed by atoms with E-state index >= 15 is 0 Å². The summed E-state index contributed by atoms with van der Waals surface area (Å²) >= 11 is 4.65. The summed E-state index contributed by atoms with van der Waals surface area (Å²) in [5, 5.41) is 13.2. The molecule has 0 aliphatic rings. The summed E-state index contributed by atoms with van der Waals surface area (Å²) in [6, 6.07) is 11.4. The third-order valence-electron chi connectivity index (χ3n) is 7.98. The highest BCUT2D eigenvalue weighted by Crippen LogP contribution is 2.52. The van der Waals surface area contributed by atoms with Crippen molar-refractivity contribution in [3.05, 3.63) is 58.1 Å². The molecule has 0 heterocycles. The molecule has 0 saturated carbocycles. The normalized spacial score (nSPS) is 15.6. The average molecular weight is 501 g/mol. The van der Waals surface area contributed by atoms with Crippen LogP contribution in [0.1, 0.15) is 116 Å². The molecule has 34 heavy (non-hydrogen) atoms. The summed E-state index contributed by atoms with van der Waals surface area (Å²) in [6.07, 6.45) is 4.45. The molecule has 0 radical (unpaired) electrons. The van der Waals surface area contributed by atoms with Crippen LogP contribution in [0.5, 0.6) is 5.75 Å². The zero-order valence-electron chi connectivity index (χ0n) is 23.4. The summed E-state index contributed by atoms with van der Waals surface area (Å²) in [5.41, 5.74) is 6.05. The van der Waals surface area contributed by atoms with Gasteiger partial charge in [0.1, 0.15) is 5.75 Å². The van der Waals surface area contributed by atoms with E-state index in [0.717, 1.165) is 42.6 Å². The van der Waals surface area contributed by atoms with Gasteiger partial charge in [-0.2, -0.15) is 12.6 Å². The fourth-order valence-electron chi connectivity index (χ4n) is 4.82. The van der Waals surface area contributed by atoms with Gasteiger partial charge in [0, 0.05) is 22.0 Å². The van der Waals surface area contributed by atoms with Gasteiger partial charge in [-0.3, -0.25) is 0 Å². The summed E-state index contributed by atoms with van der Waals surface area (Å²) in [5.74, 6) is 1.73. The van der Waals surface area contributed by atoms with Gasteiger partial charge in [-0.1, -0.05) is 126 Å². The minimum atomic E-state index is -0.130. The minimum absolute atomic E-state index is 0.0115. The van der Waals surface area contributed by atoms with Crippen molar-refractivity contribution in [3.8, 4) is 5.75 Å². The Bertz CT molecular complexity index is 972. The Morgan fingerprint density at radius 1 is 0.971 bits per heavy atom. The summed E-state index contributed by atoms with van der Waals surface area (Å²) in [7, 11) is 0.580. The van der Waals surface area contributed by atoms with E-state index in [0.29, 0.717) is 20.2 Å². The van der Waals surface area contributed by atoms with Crippen molar-refractivity contribution in [2.45, 2.75) is 117 Å². The monoisotopic (exact) mass is 500 g/mol. The number of benzene rings is 2. The highest BCUT2D eigenvalue weighted by atomic mass is 32.1. The molecule has 0 aliphatic carbocycles. The molecule has 0 spiro atoms. The van der Waals surface area contributed by atoms with E-state index in [1.54, 1.807) is 0 Å². The number of thiol groups is 1. The quantitative estimate of drug-likeness (QED) is 0.246. The van der Waals surface area contributed by atoms with Gasteiger partial charge >= 0.3 is 0 Å². The minimum Gasteiger partial charge on any atom is -0.507 e. The Morgan fingerprint density at radius 3 is 2.12 bits per heavy atom. The summed E-state index contributed by atoms with van der Waals surface area (Å²) in [4.78, 5) is 0. The molecule has 3 atom stereocenters. The molecule has 0 aromatic heterocycles. The van der Waals surface area contributed by atoms with Crippen LogP contribution >= 0.6 is 21.2 Å². The topological polar surface area (TPSA) is 20.2 Å². The highest BCUT2D eigenvalue weighted by Gasteiger charge is 2.37. The lowest BCUT2D eigenvalue weighted by atomic mass is 9.70. The van der Waals surface area contributed by atoms with E-state index in [4.69, 9.17) is 0 Å². The molecule has 190 valence electrons. The number of unbranched alkanes of at least 4 members (excludes halogenated alkanes) is 1. The molecule has 3 unspecified atom stereocenters. The van der Waals surface area contributed by atoms with Crippen LogP contribution in [0, 0.1) is 12.8 Å². The second-order valence-corrected chi connectivity index (χ2v) is 14.3. The zero-order chi connectivity index (χ0) is 25.9. The maximum Gasteiger partial charge on any atom is 0.123 e. The van der Waals surface area contributed by atoms with Gasteiger partial charge in [-0.25, -0.2) is 0 Å². The third-order valence-corrected chi connectivity index (χ3v) is 10.1. The molecule has 1 nitrogen and oxygen atoms in total. The first-order valence-corrected chi connectivity index (χ1v) is 14.7. The van der Waals surface area contributed by atoms with Crippen LogP contribution in [0.3, 0.4) is 0 Å². The molecule has 0 saturated heterocycles. The van der Waals surface area contributed by atoms with Gasteiger partial charge in [-0.15, -0.1) is 0 Å². The van der Waals surface area contributed by atoms with Gasteiger partial charge in [0.05, 0.1) is 0 Å². The molecule has 2 aromatic carbocycles. The van der Waals surface area contributed by atoms with E-state index in [1.807, 2.05) is 0 Å². The molecule has 2 aromatic rings. The Hall–Kier alpha value is -0.980. The zero-order valence-corrected chi connectivity index (χ0v) is 25.3. The Morgan fingerprint density at radius 2 is 1.59 bits per heavy atom. The molecule has 0 fully saturated rings. The number of aryl methyl sites for hydroxylation is 1. The molecule has 1 N–H and O–H groups in total. The molecule has 0 aliphatic heterocycles. The SMILES string of the molecule is CCCCC(C)(Pc1ccc(C)cc1CS)c1cc(C(C)(C)C)cc(C(C)(C)C(C)CC)c1O. The van der Waals surface area contributed by atoms with E-state index in [2.05, 4.69) is 112 Å². The summed E-state index contributed by atoms with van der Waals surface area (Å²) < 4.78 is 0.